The van der Waals surface area contributed by atoms with Crippen LogP contribution in [0.25, 0.3) is 0 Å². The van der Waals surface area contributed by atoms with E-state index in [4.69, 9.17) is 13.6 Å². The van der Waals surface area contributed by atoms with Crippen LogP contribution in [-0.4, -0.2) is 35.5 Å². The summed E-state index contributed by atoms with van der Waals surface area (Å²) in [7, 11) is -3.95. The van der Waals surface area contributed by atoms with Crippen molar-refractivity contribution in [3.63, 3.8) is 0 Å². The summed E-state index contributed by atoms with van der Waals surface area (Å²) in [5.74, 6) is 0. The first kappa shape index (κ1) is 20.6. The summed E-state index contributed by atoms with van der Waals surface area (Å²) in [6, 6.07) is 18.9. The number of benzene rings is 2. The van der Waals surface area contributed by atoms with Gasteiger partial charge in [0, 0.05) is 6.54 Å². The minimum absolute atomic E-state index is 0.0449. The molecule has 1 aliphatic heterocycles. The Bertz CT molecular complexity index is 801. The van der Waals surface area contributed by atoms with E-state index in [9.17, 15) is 14.5 Å². The first-order valence-corrected chi connectivity index (χ1v) is 10.7. The number of carboxylic acid groups (broad SMARTS) is 1. The minimum atomic E-state index is -3.95. The predicted molar refractivity (Wildman–Crippen MR) is 104 cm³/mol. The van der Waals surface area contributed by atoms with Gasteiger partial charge in [0.05, 0.1) is 13.2 Å². The Hall–Kier alpha value is -2.18. The SMILES string of the molecule is O=C(O)N1CCCC1OP(=O)(OCCc1ccccc1)OCc1ccccc1. The molecule has 0 saturated carbocycles. The number of phosphoric ester groups is 1. The molecule has 1 aliphatic rings. The molecule has 0 radical (unpaired) electrons. The van der Waals surface area contributed by atoms with Gasteiger partial charge in [-0.25, -0.2) is 9.36 Å². The molecule has 0 aromatic heterocycles. The maximum absolute atomic E-state index is 13.2. The molecule has 0 spiro atoms. The Morgan fingerprint density at radius 2 is 1.68 bits per heavy atom. The number of nitrogens with zero attached hydrogens (tertiary/aromatic N) is 1. The minimum Gasteiger partial charge on any atom is -0.465 e. The zero-order chi connectivity index (χ0) is 19.8. The molecule has 3 rings (SSSR count). The smallest absolute Gasteiger partial charge is 0.465 e. The topological polar surface area (TPSA) is 85.3 Å². The molecule has 2 unspecified atom stereocenters. The van der Waals surface area contributed by atoms with Crippen molar-refractivity contribution in [1.29, 1.82) is 0 Å². The Morgan fingerprint density at radius 1 is 1.04 bits per heavy atom. The van der Waals surface area contributed by atoms with Gasteiger partial charge >= 0.3 is 13.9 Å². The summed E-state index contributed by atoms with van der Waals surface area (Å²) >= 11 is 0. The summed E-state index contributed by atoms with van der Waals surface area (Å²) < 4.78 is 29.9. The van der Waals surface area contributed by atoms with Gasteiger partial charge in [0.1, 0.15) is 6.23 Å². The van der Waals surface area contributed by atoms with Crippen LogP contribution in [0.1, 0.15) is 24.0 Å². The van der Waals surface area contributed by atoms with Crippen molar-refractivity contribution in [2.24, 2.45) is 0 Å². The van der Waals surface area contributed by atoms with Crippen LogP contribution < -0.4 is 0 Å². The fraction of sp³-hybridized carbons (Fsp3) is 0.350. The van der Waals surface area contributed by atoms with Crippen LogP contribution in [0, 0.1) is 0 Å². The van der Waals surface area contributed by atoms with Crippen LogP contribution in [0.2, 0.25) is 0 Å². The molecule has 1 saturated heterocycles. The Kier molecular flexibility index (Phi) is 7.23. The van der Waals surface area contributed by atoms with Crippen molar-refractivity contribution in [2.75, 3.05) is 13.2 Å². The van der Waals surface area contributed by atoms with Gasteiger partial charge in [-0.05, 0) is 30.4 Å². The molecule has 2 aromatic rings. The predicted octanol–water partition coefficient (Wildman–Crippen LogP) is 4.69. The third-order valence-corrected chi connectivity index (χ3v) is 5.85. The summed E-state index contributed by atoms with van der Waals surface area (Å²) in [5, 5.41) is 9.29. The summed E-state index contributed by atoms with van der Waals surface area (Å²) in [4.78, 5) is 12.5. The second-order valence-electron chi connectivity index (χ2n) is 6.45. The van der Waals surface area contributed by atoms with Crippen LogP contribution in [0.4, 0.5) is 4.79 Å². The highest BCUT2D eigenvalue weighted by Gasteiger charge is 2.38. The third-order valence-electron chi connectivity index (χ3n) is 4.41. The van der Waals surface area contributed by atoms with E-state index in [-0.39, 0.29) is 13.2 Å². The maximum atomic E-state index is 13.2. The van der Waals surface area contributed by atoms with Crippen LogP contribution in [-0.2, 0) is 31.2 Å². The first-order chi connectivity index (χ1) is 13.6. The average molecular weight is 405 g/mol. The molecule has 7 nitrogen and oxygen atoms in total. The quantitative estimate of drug-likeness (QED) is 0.610. The number of phosphoric acid groups is 1. The van der Waals surface area contributed by atoms with Gasteiger partial charge in [-0.3, -0.25) is 18.5 Å². The molecule has 1 heterocycles. The molecule has 2 aromatic carbocycles. The number of hydrogen-bond acceptors (Lipinski definition) is 5. The van der Waals surface area contributed by atoms with Crippen molar-refractivity contribution in [1.82, 2.24) is 4.90 Å². The molecule has 1 amide bonds. The molecule has 8 heteroatoms. The maximum Gasteiger partial charge on any atom is 0.477 e. The van der Waals surface area contributed by atoms with E-state index in [1.54, 1.807) is 0 Å². The van der Waals surface area contributed by atoms with E-state index in [0.717, 1.165) is 16.0 Å². The number of likely N-dealkylation sites (tertiary alicyclic amines) is 1. The van der Waals surface area contributed by atoms with Crippen molar-refractivity contribution in [3.05, 3.63) is 71.8 Å². The second-order valence-corrected chi connectivity index (χ2v) is 8.07. The standard InChI is InChI=1S/C20H24NO6P/c22-20(23)21-14-7-12-19(21)27-28(24,26-16-18-10-5-2-6-11-18)25-15-13-17-8-3-1-4-9-17/h1-6,8-11,19H,7,12-16H2,(H,22,23). The zero-order valence-corrected chi connectivity index (χ0v) is 16.4. The van der Waals surface area contributed by atoms with Gasteiger partial charge in [-0.2, -0.15) is 0 Å². The summed E-state index contributed by atoms with van der Waals surface area (Å²) in [5.41, 5.74) is 1.85. The van der Waals surface area contributed by atoms with Gasteiger partial charge in [-0.15, -0.1) is 0 Å². The molecule has 28 heavy (non-hydrogen) atoms. The van der Waals surface area contributed by atoms with Gasteiger partial charge in [0.15, 0.2) is 0 Å². The van der Waals surface area contributed by atoms with Gasteiger partial charge in [-0.1, -0.05) is 60.7 Å². The monoisotopic (exact) mass is 405 g/mol. The van der Waals surface area contributed by atoms with Crippen molar-refractivity contribution >= 4 is 13.9 Å². The van der Waals surface area contributed by atoms with Gasteiger partial charge in [0.2, 0.25) is 0 Å². The zero-order valence-electron chi connectivity index (χ0n) is 15.5. The van der Waals surface area contributed by atoms with E-state index in [0.29, 0.717) is 25.8 Å². The highest BCUT2D eigenvalue weighted by molar-refractivity contribution is 7.48. The van der Waals surface area contributed by atoms with Crippen LogP contribution in [0.15, 0.2) is 60.7 Å². The molecule has 150 valence electrons. The fourth-order valence-electron chi connectivity index (χ4n) is 2.96. The largest absolute Gasteiger partial charge is 0.477 e. The van der Waals surface area contributed by atoms with E-state index in [1.165, 1.54) is 0 Å². The molecular formula is C20H24NO6P. The van der Waals surface area contributed by atoms with Crippen LogP contribution >= 0.6 is 7.82 Å². The van der Waals surface area contributed by atoms with E-state index >= 15 is 0 Å². The molecule has 0 aliphatic carbocycles. The molecule has 0 bridgehead atoms. The normalized spacial score (nSPS) is 18.7. The Labute approximate surface area is 164 Å². The number of hydrogen-bond donors (Lipinski definition) is 1. The molecular weight excluding hydrogens is 381 g/mol. The number of amides is 1. The second kappa shape index (κ2) is 9.85. The Balaban J connectivity index is 1.65. The number of rotatable bonds is 9. The lowest BCUT2D eigenvalue weighted by Gasteiger charge is -2.26. The van der Waals surface area contributed by atoms with E-state index < -0.39 is 20.1 Å². The van der Waals surface area contributed by atoms with Crippen LogP contribution in [0.3, 0.4) is 0 Å². The van der Waals surface area contributed by atoms with Crippen molar-refractivity contribution in [3.8, 4) is 0 Å². The lowest BCUT2D eigenvalue weighted by atomic mass is 10.2. The number of carbonyl (C=O) groups is 1. The molecule has 1 N–H and O–H groups in total. The fourth-order valence-corrected chi connectivity index (χ4v) is 4.30. The lowest BCUT2D eigenvalue weighted by molar-refractivity contribution is 0.0145. The van der Waals surface area contributed by atoms with E-state index in [1.807, 2.05) is 60.7 Å². The van der Waals surface area contributed by atoms with Crippen molar-refractivity contribution < 1.29 is 28.0 Å². The lowest BCUT2D eigenvalue weighted by Crippen LogP contribution is -2.35. The highest BCUT2D eigenvalue weighted by Crippen LogP contribution is 2.52. The van der Waals surface area contributed by atoms with Crippen molar-refractivity contribution in [2.45, 2.75) is 32.1 Å². The van der Waals surface area contributed by atoms with Gasteiger partial charge in [0.25, 0.3) is 0 Å². The summed E-state index contributed by atoms with van der Waals surface area (Å²) in [6.07, 6.45) is -0.319. The Morgan fingerprint density at radius 3 is 2.32 bits per heavy atom. The highest BCUT2D eigenvalue weighted by atomic mass is 31.2. The first-order valence-electron chi connectivity index (χ1n) is 9.21. The average Bonchev–Trinajstić information content (AvgIpc) is 3.16. The summed E-state index contributed by atoms with van der Waals surface area (Å²) in [6.45, 7) is 0.516. The third kappa shape index (κ3) is 5.91. The van der Waals surface area contributed by atoms with Crippen LogP contribution in [0.5, 0.6) is 0 Å². The van der Waals surface area contributed by atoms with Gasteiger partial charge < -0.3 is 5.11 Å². The van der Waals surface area contributed by atoms with E-state index in [2.05, 4.69) is 0 Å². The molecule has 2 atom stereocenters. The molecule has 1 fully saturated rings.